The van der Waals surface area contributed by atoms with E-state index in [1.54, 1.807) is 0 Å². The molecule has 1 heterocycles. The molecule has 1 aliphatic rings. The van der Waals surface area contributed by atoms with Crippen LogP contribution in [0.1, 0.15) is 18.4 Å². The number of carboxylic acid groups (broad SMARTS) is 1. The van der Waals surface area contributed by atoms with Crippen LogP contribution in [0, 0.1) is 0 Å². The number of carbonyl (C=O) groups excluding carboxylic acids is 1. The summed E-state index contributed by atoms with van der Waals surface area (Å²) in [6.07, 6.45) is 0.560. The number of rotatable bonds is 4. The highest BCUT2D eigenvalue weighted by atomic mass is 16.5. The zero-order chi connectivity index (χ0) is 14.4. The second-order valence-corrected chi connectivity index (χ2v) is 4.77. The molecule has 0 radical (unpaired) electrons. The minimum atomic E-state index is -0.894. The molecule has 0 bridgehead atoms. The number of hydrogen-bond donors (Lipinski definition) is 3. The average Bonchev–Trinajstić information content (AvgIpc) is 2.46. The molecule has 1 saturated heterocycles. The van der Waals surface area contributed by atoms with Gasteiger partial charge in [-0.1, -0.05) is 30.3 Å². The van der Waals surface area contributed by atoms with E-state index in [0.29, 0.717) is 19.4 Å². The van der Waals surface area contributed by atoms with Crippen molar-refractivity contribution in [1.29, 1.82) is 0 Å². The van der Waals surface area contributed by atoms with Gasteiger partial charge in [0.25, 0.3) is 0 Å². The SMILES string of the molecule is O=C(N[C@H]1CCN[C@H](C(=O)O)C1)OCc1ccccc1. The number of benzene rings is 1. The zero-order valence-corrected chi connectivity index (χ0v) is 11.0. The minimum Gasteiger partial charge on any atom is -0.480 e. The van der Waals surface area contributed by atoms with Crippen molar-refractivity contribution in [2.75, 3.05) is 6.54 Å². The van der Waals surface area contributed by atoms with E-state index in [1.807, 2.05) is 30.3 Å². The highest BCUT2D eigenvalue weighted by molar-refractivity contribution is 5.74. The molecule has 2 atom stereocenters. The van der Waals surface area contributed by atoms with Crippen molar-refractivity contribution in [3.05, 3.63) is 35.9 Å². The maximum absolute atomic E-state index is 11.7. The molecule has 0 unspecified atom stereocenters. The molecule has 0 saturated carbocycles. The van der Waals surface area contributed by atoms with E-state index >= 15 is 0 Å². The van der Waals surface area contributed by atoms with E-state index in [1.165, 1.54) is 0 Å². The fraction of sp³-hybridized carbons (Fsp3) is 0.429. The Balaban J connectivity index is 1.75. The third kappa shape index (κ3) is 4.24. The standard InChI is InChI=1S/C14H18N2O4/c17-13(18)12-8-11(6-7-15-12)16-14(19)20-9-10-4-2-1-3-5-10/h1-5,11-12,15H,6-9H2,(H,16,19)(H,17,18)/t11-,12-/m0/s1. The molecule has 1 aromatic rings. The van der Waals surface area contributed by atoms with Gasteiger partial charge in [-0.15, -0.1) is 0 Å². The van der Waals surface area contributed by atoms with Crippen molar-refractivity contribution in [3.8, 4) is 0 Å². The maximum Gasteiger partial charge on any atom is 0.407 e. The van der Waals surface area contributed by atoms with Crippen LogP contribution in [0.3, 0.4) is 0 Å². The molecule has 6 heteroatoms. The van der Waals surface area contributed by atoms with Gasteiger partial charge in [0, 0.05) is 6.04 Å². The van der Waals surface area contributed by atoms with Gasteiger partial charge >= 0.3 is 12.1 Å². The summed E-state index contributed by atoms with van der Waals surface area (Å²) in [5.41, 5.74) is 0.913. The van der Waals surface area contributed by atoms with E-state index in [2.05, 4.69) is 10.6 Å². The van der Waals surface area contributed by atoms with Crippen LogP contribution in [0.15, 0.2) is 30.3 Å². The Bertz CT molecular complexity index is 464. The Labute approximate surface area is 117 Å². The lowest BCUT2D eigenvalue weighted by Crippen LogP contribution is -2.50. The zero-order valence-electron chi connectivity index (χ0n) is 11.0. The van der Waals surface area contributed by atoms with Gasteiger partial charge in [0.15, 0.2) is 0 Å². The van der Waals surface area contributed by atoms with Gasteiger partial charge in [-0.05, 0) is 24.9 Å². The summed E-state index contributed by atoms with van der Waals surface area (Å²) in [6.45, 7) is 0.778. The number of nitrogens with one attached hydrogen (secondary N) is 2. The molecule has 1 fully saturated rings. The second-order valence-electron chi connectivity index (χ2n) is 4.77. The van der Waals surface area contributed by atoms with Crippen LogP contribution >= 0.6 is 0 Å². The number of carbonyl (C=O) groups is 2. The summed E-state index contributed by atoms with van der Waals surface area (Å²) in [5, 5.41) is 14.5. The summed E-state index contributed by atoms with van der Waals surface area (Å²) in [6, 6.07) is 8.62. The van der Waals surface area contributed by atoms with Gasteiger partial charge < -0.3 is 20.5 Å². The normalized spacial score (nSPS) is 22.0. The average molecular weight is 278 g/mol. The van der Waals surface area contributed by atoms with Crippen LogP contribution in [0.2, 0.25) is 0 Å². The van der Waals surface area contributed by atoms with Crippen LogP contribution < -0.4 is 10.6 Å². The first-order valence-corrected chi connectivity index (χ1v) is 6.58. The third-order valence-electron chi connectivity index (χ3n) is 3.24. The molecule has 0 aliphatic carbocycles. The lowest BCUT2D eigenvalue weighted by Gasteiger charge is -2.28. The van der Waals surface area contributed by atoms with E-state index in [-0.39, 0.29) is 12.6 Å². The quantitative estimate of drug-likeness (QED) is 0.768. The van der Waals surface area contributed by atoms with Crippen molar-refractivity contribution in [1.82, 2.24) is 10.6 Å². The molecule has 1 aliphatic heterocycles. The fourth-order valence-corrected chi connectivity index (χ4v) is 2.17. The van der Waals surface area contributed by atoms with Gasteiger partial charge in [0.05, 0.1) is 0 Å². The number of amides is 1. The Morgan fingerprint density at radius 2 is 2.10 bits per heavy atom. The summed E-state index contributed by atoms with van der Waals surface area (Å²) < 4.78 is 5.11. The maximum atomic E-state index is 11.7. The van der Waals surface area contributed by atoms with Crippen molar-refractivity contribution in [2.24, 2.45) is 0 Å². The summed E-state index contributed by atoms with van der Waals surface area (Å²) >= 11 is 0. The summed E-state index contributed by atoms with van der Waals surface area (Å²) in [5.74, 6) is -0.894. The van der Waals surface area contributed by atoms with Gasteiger partial charge in [-0.3, -0.25) is 4.79 Å². The Hall–Kier alpha value is -2.08. The largest absolute Gasteiger partial charge is 0.480 e. The van der Waals surface area contributed by atoms with E-state index in [0.717, 1.165) is 5.56 Å². The summed E-state index contributed by atoms with van der Waals surface area (Å²) in [7, 11) is 0. The Kier molecular flexibility index (Phi) is 4.95. The monoisotopic (exact) mass is 278 g/mol. The van der Waals surface area contributed by atoms with E-state index < -0.39 is 18.1 Å². The molecule has 1 aromatic carbocycles. The Morgan fingerprint density at radius 1 is 1.35 bits per heavy atom. The van der Waals surface area contributed by atoms with Crippen molar-refractivity contribution < 1.29 is 19.4 Å². The molecule has 3 N–H and O–H groups in total. The van der Waals surface area contributed by atoms with Gasteiger partial charge in [-0.25, -0.2) is 4.79 Å². The van der Waals surface area contributed by atoms with Crippen LogP contribution in [0.5, 0.6) is 0 Å². The lowest BCUT2D eigenvalue weighted by molar-refractivity contribution is -0.140. The van der Waals surface area contributed by atoms with Crippen LogP contribution in [-0.4, -0.2) is 35.8 Å². The van der Waals surface area contributed by atoms with Gasteiger partial charge in [0.1, 0.15) is 12.6 Å². The van der Waals surface area contributed by atoms with Gasteiger partial charge in [0.2, 0.25) is 0 Å². The third-order valence-corrected chi connectivity index (χ3v) is 3.24. The summed E-state index contributed by atoms with van der Waals surface area (Å²) in [4.78, 5) is 22.5. The second kappa shape index (κ2) is 6.91. The molecular weight excluding hydrogens is 260 g/mol. The fourth-order valence-electron chi connectivity index (χ4n) is 2.17. The molecule has 108 valence electrons. The topological polar surface area (TPSA) is 87.7 Å². The number of carboxylic acids is 1. The van der Waals surface area contributed by atoms with Crippen molar-refractivity contribution in [2.45, 2.75) is 31.5 Å². The minimum absolute atomic E-state index is 0.166. The smallest absolute Gasteiger partial charge is 0.407 e. The number of hydrogen-bond acceptors (Lipinski definition) is 4. The molecule has 1 amide bonds. The van der Waals surface area contributed by atoms with Crippen LogP contribution in [0.25, 0.3) is 0 Å². The van der Waals surface area contributed by atoms with E-state index in [4.69, 9.17) is 9.84 Å². The molecular formula is C14H18N2O4. The van der Waals surface area contributed by atoms with Crippen LogP contribution in [0.4, 0.5) is 4.79 Å². The lowest BCUT2D eigenvalue weighted by atomic mass is 10.00. The van der Waals surface area contributed by atoms with Crippen molar-refractivity contribution in [3.63, 3.8) is 0 Å². The van der Waals surface area contributed by atoms with E-state index in [9.17, 15) is 9.59 Å². The first kappa shape index (κ1) is 14.3. The molecule has 0 spiro atoms. The Morgan fingerprint density at radius 3 is 2.80 bits per heavy atom. The molecule has 2 rings (SSSR count). The predicted molar refractivity (Wildman–Crippen MR) is 72.2 cm³/mol. The van der Waals surface area contributed by atoms with Crippen molar-refractivity contribution >= 4 is 12.1 Å². The predicted octanol–water partition coefficient (Wildman–Crippen LogP) is 1.12. The first-order valence-electron chi connectivity index (χ1n) is 6.58. The molecule has 20 heavy (non-hydrogen) atoms. The van der Waals surface area contributed by atoms with Gasteiger partial charge in [-0.2, -0.15) is 0 Å². The first-order chi connectivity index (χ1) is 9.65. The number of ether oxygens (including phenoxy) is 1. The van der Waals surface area contributed by atoms with Crippen LogP contribution in [-0.2, 0) is 16.1 Å². The highest BCUT2D eigenvalue weighted by Crippen LogP contribution is 2.09. The number of aliphatic carboxylic acids is 1. The number of alkyl carbamates (subject to hydrolysis) is 1. The highest BCUT2D eigenvalue weighted by Gasteiger charge is 2.27. The molecule has 0 aromatic heterocycles. The molecule has 6 nitrogen and oxygen atoms in total. The number of piperidine rings is 1.